The maximum absolute atomic E-state index is 8.06. The van der Waals surface area contributed by atoms with Crippen LogP contribution in [0.15, 0.2) is 0 Å². The fraction of sp³-hybridized carbons (Fsp3) is 1.00. The smallest absolute Gasteiger partial charge is 0.0656 e. The largest absolute Gasteiger partial charge is 0.394 e. The van der Waals surface area contributed by atoms with Crippen LogP contribution in [-0.2, 0) is 4.84 Å². The number of aliphatic hydroxyl groups is 1. The Morgan fingerprint density at radius 3 is 1.70 bits per heavy atom. The second-order valence-corrected chi connectivity index (χ2v) is 2.32. The molecule has 0 aliphatic heterocycles. The van der Waals surface area contributed by atoms with Gasteiger partial charge in [0, 0.05) is 20.2 Å². The Hall–Kier alpha value is -0.120. The number of hydroxylamine groups is 2. The summed E-state index contributed by atoms with van der Waals surface area (Å²) in [4.78, 5) is 4.88. The third-order valence-electron chi connectivity index (χ3n) is 0.387. The Morgan fingerprint density at radius 1 is 1.40 bits per heavy atom. The lowest BCUT2D eigenvalue weighted by Crippen LogP contribution is -2.11. The van der Waals surface area contributed by atoms with Crippen LogP contribution in [0.25, 0.3) is 0 Å². The summed E-state index contributed by atoms with van der Waals surface area (Å²) in [6.45, 7) is 6.16. The SMILES string of the molecule is CC(C)O.CCON(C)C. The van der Waals surface area contributed by atoms with E-state index in [0.29, 0.717) is 0 Å². The molecular formula is C7H19NO2. The Morgan fingerprint density at radius 2 is 1.70 bits per heavy atom. The molecule has 0 spiro atoms. The van der Waals surface area contributed by atoms with Gasteiger partial charge in [-0.1, -0.05) is 0 Å². The topological polar surface area (TPSA) is 32.7 Å². The molecule has 0 aromatic heterocycles. The molecule has 0 radical (unpaired) electrons. The summed E-state index contributed by atoms with van der Waals surface area (Å²) in [7, 11) is 3.73. The minimum atomic E-state index is -0.167. The second-order valence-electron chi connectivity index (χ2n) is 2.32. The highest BCUT2D eigenvalue weighted by molar-refractivity contribution is 4.20. The van der Waals surface area contributed by atoms with Gasteiger partial charge in [-0.05, 0) is 20.8 Å². The highest BCUT2D eigenvalue weighted by Gasteiger charge is 1.77. The second kappa shape index (κ2) is 8.88. The number of rotatable bonds is 2. The van der Waals surface area contributed by atoms with Crippen LogP contribution in [0, 0.1) is 0 Å². The van der Waals surface area contributed by atoms with Crippen molar-refractivity contribution in [1.29, 1.82) is 0 Å². The third kappa shape index (κ3) is 45.0. The van der Waals surface area contributed by atoms with E-state index in [1.54, 1.807) is 18.9 Å². The van der Waals surface area contributed by atoms with E-state index in [0.717, 1.165) is 6.61 Å². The maximum Gasteiger partial charge on any atom is 0.0656 e. The van der Waals surface area contributed by atoms with E-state index in [-0.39, 0.29) is 6.10 Å². The maximum atomic E-state index is 8.06. The van der Waals surface area contributed by atoms with Gasteiger partial charge in [0.25, 0.3) is 0 Å². The van der Waals surface area contributed by atoms with Crippen molar-refractivity contribution >= 4 is 0 Å². The van der Waals surface area contributed by atoms with Crippen molar-refractivity contribution in [3.63, 3.8) is 0 Å². The molecule has 0 unspecified atom stereocenters. The average molecular weight is 149 g/mol. The van der Waals surface area contributed by atoms with Crippen LogP contribution in [0.3, 0.4) is 0 Å². The Bertz CT molecular complexity index is 52.8. The quantitative estimate of drug-likeness (QED) is 0.592. The monoisotopic (exact) mass is 149 g/mol. The molecule has 3 nitrogen and oxygen atoms in total. The molecule has 0 aliphatic carbocycles. The average Bonchev–Trinajstić information content (AvgIpc) is 1.62. The first-order valence-corrected chi connectivity index (χ1v) is 3.49. The van der Waals surface area contributed by atoms with Gasteiger partial charge in [-0.3, -0.25) is 4.84 Å². The van der Waals surface area contributed by atoms with Crippen molar-refractivity contribution in [3.8, 4) is 0 Å². The highest BCUT2D eigenvalue weighted by Crippen LogP contribution is 1.72. The summed E-state index contributed by atoms with van der Waals surface area (Å²) in [5, 5.41) is 9.74. The number of hydrogen-bond donors (Lipinski definition) is 1. The summed E-state index contributed by atoms with van der Waals surface area (Å²) in [5.41, 5.74) is 0. The fourth-order valence-corrected chi connectivity index (χ4v) is 0.258. The molecule has 0 saturated heterocycles. The first-order chi connectivity index (χ1) is 4.50. The van der Waals surface area contributed by atoms with Crippen LogP contribution in [0.4, 0.5) is 0 Å². The summed E-state index contributed by atoms with van der Waals surface area (Å²) < 4.78 is 0. The molecule has 10 heavy (non-hydrogen) atoms. The van der Waals surface area contributed by atoms with Crippen LogP contribution in [0.1, 0.15) is 20.8 Å². The number of nitrogens with zero attached hydrogens (tertiary/aromatic N) is 1. The zero-order chi connectivity index (χ0) is 8.57. The summed E-state index contributed by atoms with van der Waals surface area (Å²) in [6.07, 6.45) is -0.167. The molecule has 64 valence electrons. The molecule has 0 aromatic carbocycles. The first kappa shape index (κ1) is 12.5. The Labute approximate surface area is 63.6 Å². The molecule has 0 atom stereocenters. The Kier molecular flexibility index (Phi) is 11.1. The van der Waals surface area contributed by atoms with E-state index < -0.39 is 0 Å². The van der Waals surface area contributed by atoms with Gasteiger partial charge < -0.3 is 5.11 Å². The summed E-state index contributed by atoms with van der Waals surface area (Å²) in [6, 6.07) is 0. The number of hydrogen-bond acceptors (Lipinski definition) is 3. The molecule has 0 amide bonds. The molecule has 1 N–H and O–H groups in total. The lowest BCUT2D eigenvalue weighted by molar-refractivity contribution is -0.113. The van der Waals surface area contributed by atoms with E-state index in [1.165, 1.54) is 0 Å². The van der Waals surface area contributed by atoms with Gasteiger partial charge in [-0.2, -0.15) is 5.06 Å². The molecule has 0 rings (SSSR count). The van der Waals surface area contributed by atoms with Crippen molar-refractivity contribution in [3.05, 3.63) is 0 Å². The van der Waals surface area contributed by atoms with Crippen LogP contribution in [0.5, 0.6) is 0 Å². The Balaban J connectivity index is 0. The van der Waals surface area contributed by atoms with E-state index in [4.69, 9.17) is 9.94 Å². The van der Waals surface area contributed by atoms with Crippen molar-refractivity contribution in [2.24, 2.45) is 0 Å². The minimum absolute atomic E-state index is 0.167. The van der Waals surface area contributed by atoms with Crippen LogP contribution >= 0.6 is 0 Å². The van der Waals surface area contributed by atoms with Gasteiger partial charge in [0.05, 0.1) is 6.61 Å². The van der Waals surface area contributed by atoms with Crippen molar-refractivity contribution in [2.75, 3.05) is 20.7 Å². The third-order valence-corrected chi connectivity index (χ3v) is 0.387. The van der Waals surface area contributed by atoms with Crippen LogP contribution < -0.4 is 0 Å². The minimum Gasteiger partial charge on any atom is -0.394 e. The lowest BCUT2D eigenvalue weighted by atomic mass is 10.5. The standard InChI is InChI=1S/C4H11NO.C3H8O/c1-4-6-5(2)3;1-3(2)4/h4H2,1-3H3;3-4H,1-2H3. The number of aliphatic hydroxyl groups excluding tert-OH is 1. The predicted molar refractivity (Wildman–Crippen MR) is 42.7 cm³/mol. The molecule has 0 bridgehead atoms. The normalized spacial score (nSPS) is 9.60. The molecular weight excluding hydrogens is 130 g/mol. The van der Waals surface area contributed by atoms with E-state index in [2.05, 4.69) is 0 Å². The van der Waals surface area contributed by atoms with Crippen molar-refractivity contribution < 1.29 is 9.94 Å². The zero-order valence-corrected chi connectivity index (χ0v) is 7.59. The molecule has 0 fully saturated rings. The lowest BCUT2D eigenvalue weighted by Gasteiger charge is -2.05. The molecule has 3 heteroatoms. The highest BCUT2D eigenvalue weighted by atomic mass is 16.7. The van der Waals surface area contributed by atoms with Gasteiger partial charge in [0.1, 0.15) is 0 Å². The van der Waals surface area contributed by atoms with E-state index in [1.807, 2.05) is 21.0 Å². The summed E-state index contributed by atoms with van der Waals surface area (Å²) in [5.74, 6) is 0. The van der Waals surface area contributed by atoms with Gasteiger partial charge >= 0.3 is 0 Å². The predicted octanol–water partition coefficient (Wildman–Crippen LogP) is 0.887. The fourth-order valence-electron chi connectivity index (χ4n) is 0.258. The van der Waals surface area contributed by atoms with Gasteiger partial charge in [0.2, 0.25) is 0 Å². The molecule has 0 heterocycles. The van der Waals surface area contributed by atoms with Crippen LogP contribution in [0.2, 0.25) is 0 Å². The van der Waals surface area contributed by atoms with Gasteiger partial charge in [-0.15, -0.1) is 0 Å². The zero-order valence-electron chi connectivity index (χ0n) is 7.59. The molecule has 0 aromatic rings. The van der Waals surface area contributed by atoms with Gasteiger partial charge in [-0.25, -0.2) is 0 Å². The van der Waals surface area contributed by atoms with E-state index >= 15 is 0 Å². The van der Waals surface area contributed by atoms with Crippen molar-refractivity contribution in [2.45, 2.75) is 26.9 Å². The van der Waals surface area contributed by atoms with Crippen LogP contribution in [-0.4, -0.2) is 37.0 Å². The first-order valence-electron chi connectivity index (χ1n) is 3.49. The summed E-state index contributed by atoms with van der Waals surface area (Å²) >= 11 is 0. The van der Waals surface area contributed by atoms with E-state index in [9.17, 15) is 0 Å². The van der Waals surface area contributed by atoms with Gasteiger partial charge in [0.15, 0.2) is 0 Å². The molecule has 0 saturated carbocycles. The molecule has 0 aliphatic rings. The van der Waals surface area contributed by atoms with Crippen molar-refractivity contribution in [1.82, 2.24) is 5.06 Å².